The molecule has 0 spiro atoms. The van der Waals surface area contributed by atoms with Crippen LogP contribution in [-0.4, -0.2) is 69.4 Å². The van der Waals surface area contributed by atoms with Crippen LogP contribution in [0.25, 0.3) is 10.9 Å². The number of fused-ring (bicyclic) bond motifs is 2. The number of rotatable bonds is 14. The van der Waals surface area contributed by atoms with Crippen molar-refractivity contribution in [2.24, 2.45) is 5.92 Å². The van der Waals surface area contributed by atoms with Gasteiger partial charge in [0.2, 0.25) is 23.6 Å². The highest BCUT2D eigenvalue weighted by atomic mass is 31.2. The van der Waals surface area contributed by atoms with E-state index in [4.69, 9.17) is 9.05 Å². The average molecular weight is 842 g/mol. The standard InChI is InChI=1S/C38H44N5O7P.C8H16O/c1-4-25(2)34-38(47)42-22-14-13-21-33(42)37(46)39-26(3)35(44)40-31(36(45)41-34)23-27-24-43(32-20-12-11-19-30(27)32)51(48,49-28-15-7-5-8-16-28)50-29-17-9-6-10-18-29;1-3-5-6-7-8(9)4-2/h5-12,15-20,24-26,31,33-34H,4,13-14,21-23H2,1-3H3,(H,39,46)(H,40,44)(H,41,45);3-7H2,1-2H3/t25?,26-,31?,33+,34-;/m0./s1. The summed E-state index contributed by atoms with van der Waals surface area (Å²) in [6.07, 6.45) is 9.18. The van der Waals surface area contributed by atoms with Crippen LogP contribution in [0.4, 0.5) is 0 Å². The molecule has 2 aliphatic rings. The zero-order valence-corrected chi connectivity index (χ0v) is 36.3. The zero-order valence-electron chi connectivity index (χ0n) is 35.4. The maximum Gasteiger partial charge on any atom is 0.548 e. The molecule has 0 saturated carbocycles. The molecule has 14 heteroatoms. The summed E-state index contributed by atoms with van der Waals surface area (Å²) >= 11 is 0. The molecular formula is C46H60N5O8P. The second-order valence-electron chi connectivity index (χ2n) is 15.6. The first kappa shape index (κ1) is 45.7. The fourth-order valence-corrected chi connectivity index (χ4v) is 9.07. The van der Waals surface area contributed by atoms with Gasteiger partial charge in [-0.1, -0.05) is 102 Å². The number of ketones is 1. The quantitative estimate of drug-likeness (QED) is 0.0857. The lowest BCUT2D eigenvalue weighted by Crippen LogP contribution is -2.64. The first-order valence-corrected chi connectivity index (χ1v) is 22.8. The minimum Gasteiger partial charge on any atom is -0.400 e. The van der Waals surface area contributed by atoms with Crippen molar-refractivity contribution in [3.63, 3.8) is 0 Å². The van der Waals surface area contributed by atoms with Crippen molar-refractivity contribution >= 4 is 48.1 Å². The Hall–Kier alpha value is -5.42. The number of hydrogen-bond donors (Lipinski definition) is 3. The van der Waals surface area contributed by atoms with Crippen LogP contribution in [0.2, 0.25) is 0 Å². The molecule has 5 atom stereocenters. The predicted molar refractivity (Wildman–Crippen MR) is 232 cm³/mol. The number of nitrogens with zero attached hydrogens (tertiary/aromatic N) is 2. The van der Waals surface area contributed by atoms with Gasteiger partial charge >= 0.3 is 7.75 Å². The Morgan fingerprint density at radius 3 is 2.05 bits per heavy atom. The number of piperidine rings is 1. The maximum atomic E-state index is 14.9. The highest BCUT2D eigenvalue weighted by Crippen LogP contribution is 2.52. The van der Waals surface area contributed by atoms with Crippen molar-refractivity contribution in [2.75, 3.05) is 6.54 Å². The van der Waals surface area contributed by atoms with E-state index >= 15 is 0 Å². The third-order valence-electron chi connectivity index (χ3n) is 11.1. The molecule has 4 aromatic rings. The molecule has 2 saturated heterocycles. The average Bonchev–Trinajstić information content (AvgIpc) is 3.64. The SMILES string of the molecule is CCC(C)[C@@H]1NC(=O)C(Cc2cn(P(=O)(Oc3ccccc3)Oc3ccccc3)c3ccccc23)NC(=O)[C@H](C)NC(=O)[C@H]2CCCCN2C1=O.CCCCCC(=O)CC. The normalized spacial score (nSPS) is 20.5. The van der Waals surface area contributed by atoms with Crippen LogP contribution in [0.3, 0.4) is 0 Å². The van der Waals surface area contributed by atoms with Crippen molar-refractivity contribution in [1.29, 1.82) is 0 Å². The lowest BCUT2D eigenvalue weighted by molar-refractivity contribution is -0.147. The van der Waals surface area contributed by atoms with Crippen LogP contribution in [0.1, 0.15) is 98.0 Å². The van der Waals surface area contributed by atoms with Crippen LogP contribution >= 0.6 is 7.75 Å². The van der Waals surface area contributed by atoms with Gasteiger partial charge in [0.25, 0.3) is 0 Å². The molecule has 6 rings (SSSR count). The number of carbonyl (C=O) groups excluding carboxylic acids is 5. The number of Topliss-reactive ketones (excluding diaryl/α,β-unsaturated/α-hetero) is 1. The number of aromatic nitrogens is 1. The summed E-state index contributed by atoms with van der Waals surface area (Å²) in [5, 5.41) is 9.21. The van der Waals surface area contributed by atoms with Crippen molar-refractivity contribution in [1.82, 2.24) is 25.2 Å². The molecule has 60 heavy (non-hydrogen) atoms. The summed E-state index contributed by atoms with van der Waals surface area (Å²) in [6.45, 7) is 9.83. The fraction of sp³-hybridized carbons (Fsp3) is 0.457. The minimum absolute atomic E-state index is 0.0316. The van der Waals surface area contributed by atoms with Crippen LogP contribution < -0.4 is 25.0 Å². The van der Waals surface area contributed by atoms with E-state index in [1.54, 1.807) is 78.7 Å². The molecule has 13 nitrogen and oxygen atoms in total. The molecule has 0 aliphatic carbocycles. The predicted octanol–water partition coefficient (Wildman–Crippen LogP) is 7.76. The van der Waals surface area contributed by atoms with Crippen molar-refractivity contribution in [2.45, 2.75) is 123 Å². The fourth-order valence-electron chi connectivity index (χ4n) is 7.37. The van der Waals surface area contributed by atoms with E-state index < -0.39 is 49.6 Å². The summed E-state index contributed by atoms with van der Waals surface area (Å²) in [7, 11) is -4.19. The number of carbonyl (C=O) groups is 5. The molecule has 1 aromatic heterocycles. The molecule has 3 aromatic carbocycles. The van der Waals surface area contributed by atoms with Gasteiger partial charge in [-0.3, -0.25) is 24.0 Å². The number of para-hydroxylation sites is 3. The third-order valence-corrected chi connectivity index (χ3v) is 12.8. The molecule has 2 fully saturated rings. The monoisotopic (exact) mass is 841 g/mol. The molecule has 3 heterocycles. The van der Waals surface area contributed by atoms with Gasteiger partial charge in [0.05, 0.1) is 5.52 Å². The van der Waals surface area contributed by atoms with Crippen LogP contribution in [0.15, 0.2) is 91.1 Å². The lowest BCUT2D eigenvalue weighted by atomic mass is 9.93. The Bertz CT molecular complexity index is 2080. The number of nitrogens with one attached hydrogen (secondary N) is 3. The smallest absolute Gasteiger partial charge is 0.400 e. The summed E-state index contributed by atoms with van der Waals surface area (Å²) in [6, 6.07) is 20.9. The van der Waals surface area contributed by atoms with E-state index in [0.717, 1.165) is 25.7 Å². The lowest BCUT2D eigenvalue weighted by Gasteiger charge is -2.39. The largest absolute Gasteiger partial charge is 0.548 e. The molecule has 2 unspecified atom stereocenters. The summed E-state index contributed by atoms with van der Waals surface area (Å²) in [5.41, 5.74) is 1.10. The highest BCUT2D eigenvalue weighted by Gasteiger charge is 2.41. The van der Waals surface area contributed by atoms with Crippen LogP contribution in [0.5, 0.6) is 11.5 Å². The third kappa shape index (κ3) is 11.6. The van der Waals surface area contributed by atoms with Crippen LogP contribution in [-0.2, 0) is 35.0 Å². The van der Waals surface area contributed by atoms with Gasteiger partial charge in [0.15, 0.2) is 0 Å². The van der Waals surface area contributed by atoms with Gasteiger partial charge < -0.3 is 29.9 Å². The second kappa shape index (κ2) is 21.7. The highest BCUT2D eigenvalue weighted by molar-refractivity contribution is 7.53. The number of benzene rings is 3. The maximum absolute atomic E-state index is 14.9. The first-order valence-electron chi connectivity index (χ1n) is 21.3. The Kier molecular flexibility index (Phi) is 16.5. The van der Waals surface area contributed by atoms with Gasteiger partial charge in [-0.05, 0) is 74.4 Å². The van der Waals surface area contributed by atoms with E-state index in [0.29, 0.717) is 59.6 Å². The van der Waals surface area contributed by atoms with E-state index in [2.05, 4.69) is 22.9 Å². The first-order chi connectivity index (χ1) is 28.9. The van der Waals surface area contributed by atoms with E-state index in [1.807, 2.05) is 45.0 Å². The number of unbranched alkanes of at least 4 members (excludes halogenated alkanes) is 2. The van der Waals surface area contributed by atoms with E-state index in [9.17, 15) is 28.5 Å². The molecule has 322 valence electrons. The van der Waals surface area contributed by atoms with E-state index in [-0.39, 0.29) is 18.2 Å². The Labute approximate surface area is 353 Å². The Morgan fingerprint density at radius 2 is 1.43 bits per heavy atom. The number of amides is 4. The summed E-state index contributed by atoms with van der Waals surface area (Å²) in [5.74, 6) is -0.989. The second-order valence-corrected chi connectivity index (χ2v) is 17.3. The molecule has 2 aliphatic heterocycles. The topological polar surface area (TPSA) is 165 Å². The number of hydrogen-bond acceptors (Lipinski definition) is 8. The van der Waals surface area contributed by atoms with Gasteiger partial charge in [-0.25, -0.2) is 8.90 Å². The molecular weight excluding hydrogens is 782 g/mol. The minimum atomic E-state index is -4.19. The molecule has 3 N–H and O–H groups in total. The van der Waals surface area contributed by atoms with Crippen molar-refractivity contribution in [3.8, 4) is 11.5 Å². The van der Waals surface area contributed by atoms with Crippen LogP contribution in [0, 0.1) is 5.92 Å². The van der Waals surface area contributed by atoms with E-state index in [1.165, 1.54) is 17.2 Å². The Morgan fingerprint density at radius 1 is 0.800 bits per heavy atom. The molecule has 4 amide bonds. The van der Waals surface area contributed by atoms with Crippen molar-refractivity contribution in [3.05, 3.63) is 96.7 Å². The molecule has 0 radical (unpaired) electrons. The van der Waals surface area contributed by atoms with Gasteiger partial charge in [0.1, 0.15) is 41.4 Å². The Balaban J connectivity index is 0.000000680. The van der Waals surface area contributed by atoms with Gasteiger partial charge in [-0.15, -0.1) is 0 Å². The van der Waals surface area contributed by atoms with Gasteiger partial charge in [-0.2, -0.15) is 0 Å². The zero-order chi connectivity index (χ0) is 43.2. The summed E-state index contributed by atoms with van der Waals surface area (Å²) in [4.78, 5) is 67.5. The molecule has 0 bridgehead atoms. The van der Waals surface area contributed by atoms with Gasteiger partial charge in [0, 0.05) is 37.4 Å². The summed E-state index contributed by atoms with van der Waals surface area (Å²) < 4.78 is 28.6. The van der Waals surface area contributed by atoms with Crippen molar-refractivity contribution < 1.29 is 37.6 Å².